The number of Topliss-reactive ketones (excluding diaryl/α,β-unsaturated/α-hetero) is 2. The molecule has 77 heavy (non-hydrogen) atoms. The van der Waals surface area contributed by atoms with Gasteiger partial charge in [0.25, 0.3) is 0 Å². The molecule has 0 spiro atoms. The zero-order chi connectivity index (χ0) is 54.9. The number of rotatable bonds is 12. The number of ether oxygens (including phenoxy) is 12. The molecule has 0 bridgehead atoms. The van der Waals surface area contributed by atoms with Gasteiger partial charge in [-0.25, -0.2) is 0 Å². The van der Waals surface area contributed by atoms with E-state index in [1.807, 2.05) is 6.92 Å². The SMILES string of the molecule is Cc1cc(O)c2c(c1)C[C@@H](O)C1=C2C(=O)c2c(O)ccc(OC3CC(O)C(OC4CC(OC5CCC(OC6CC(O)C(OC7CC(OC8CCC(O)C(C)O8)C(O)C(C)O7)C(C)O6)C(C)O5)C(O)C(C)O4)C(C)O3)c2C1=O. The average molecular weight is 1090 g/mol. The molecule has 2 aliphatic carbocycles. The van der Waals surface area contributed by atoms with E-state index in [1.54, 1.807) is 47.6 Å². The maximum Gasteiger partial charge on any atom is 0.202 e. The van der Waals surface area contributed by atoms with Crippen LogP contribution in [0.5, 0.6) is 17.2 Å². The molecule has 8 N–H and O–H groups in total. The summed E-state index contributed by atoms with van der Waals surface area (Å²) in [7, 11) is 0. The summed E-state index contributed by atoms with van der Waals surface area (Å²) in [6, 6.07) is 5.70. The topological polar surface area (TPSA) is 307 Å². The summed E-state index contributed by atoms with van der Waals surface area (Å²) < 4.78 is 74.1. The summed E-state index contributed by atoms with van der Waals surface area (Å²) in [5, 5.41) is 88.0. The highest BCUT2D eigenvalue weighted by atomic mass is 16.8. The molecule has 0 saturated carbocycles. The highest BCUT2D eigenvalue weighted by Crippen LogP contribution is 2.48. The quantitative estimate of drug-likeness (QED) is 0.152. The van der Waals surface area contributed by atoms with Crippen LogP contribution in [0, 0.1) is 6.92 Å². The zero-order valence-corrected chi connectivity index (χ0v) is 44.2. The number of phenols is 2. The van der Waals surface area contributed by atoms with Crippen molar-refractivity contribution in [1.82, 2.24) is 0 Å². The normalized spacial score (nSPS) is 42.6. The Kier molecular flexibility index (Phi) is 16.9. The van der Waals surface area contributed by atoms with Gasteiger partial charge >= 0.3 is 0 Å². The van der Waals surface area contributed by atoms with E-state index < -0.39 is 159 Å². The molecule has 22 unspecified atom stereocenters. The zero-order valence-electron chi connectivity index (χ0n) is 44.2. The van der Waals surface area contributed by atoms with Crippen molar-refractivity contribution in [3.05, 3.63) is 57.7 Å². The molecule has 6 heterocycles. The van der Waals surface area contributed by atoms with Gasteiger partial charge in [0, 0.05) is 61.7 Å². The first kappa shape index (κ1) is 56.5. The molecular weight excluding hydrogens is 1010 g/mol. The second-order valence-corrected chi connectivity index (χ2v) is 22.1. The number of carbonyl (C=O) groups is 2. The van der Waals surface area contributed by atoms with Crippen LogP contribution in [0.25, 0.3) is 5.57 Å². The number of carbonyl (C=O) groups excluding carboxylic acids is 2. The Hall–Kier alpha value is -3.76. The van der Waals surface area contributed by atoms with E-state index in [-0.39, 0.29) is 71.4 Å². The van der Waals surface area contributed by atoms with Gasteiger partial charge in [-0.3, -0.25) is 9.59 Å². The van der Waals surface area contributed by atoms with E-state index >= 15 is 0 Å². The molecule has 0 aromatic heterocycles. The summed E-state index contributed by atoms with van der Waals surface area (Å²) >= 11 is 0. The number of phenolic OH excluding ortho intramolecular Hbond substituents is 2. The van der Waals surface area contributed by atoms with Crippen LogP contribution in [-0.4, -0.2) is 194 Å². The molecule has 10 rings (SSSR count). The molecule has 8 aliphatic rings. The summed E-state index contributed by atoms with van der Waals surface area (Å²) in [4.78, 5) is 28.4. The number of benzene rings is 2. The number of hydrogen-bond acceptors (Lipinski definition) is 22. The van der Waals surface area contributed by atoms with Gasteiger partial charge in [-0.05, 0) is 90.6 Å². The Bertz CT molecular complexity index is 2480. The van der Waals surface area contributed by atoms with Crippen LogP contribution in [-0.2, 0) is 58.5 Å². The standard InChI is InChI=1S/C55H74O22/c1-21-14-28-16-32(59)47-49(45(28)31(58)15-21)53(65)46-30(57)8-10-36(48(46)52(47)64)73-42-18-34(61)55(27(7)71-42)77-44-20-38(51(63)25(5)69-44)75-40-13-11-35(23(3)67-40)72-41-17-33(60)54(26(6)70-41)76-43-19-37(50(62)24(4)68-43)74-39-12-9-29(56)22(2)66-39/h8,10,14-15,22-27,29,32-35,37-44,50-51,54-63H,9,11-13,16-20H2,1-7H3/t22?,23?,24?,25?,26?,27?,29?,32-,33?,34?,35?,37?,38?,39?,40?,41?,42?,43?,44?,50?,51?,54?,55?/m1/s1. The average Bonchev–Trinajstić information content (AvgIpc) is 3.41. The van der Waals surface area contributed by atoms with Gasteiger partial charge in [0.05, 0.1) is 90.5 Å². The van der Waals surface area contributed by atoms with Gasteiger partial charge < -0.3 is 97.7 Å². The van der Waals surface area contributed by atoms with Crippen molar-refractivity contribution >= 4 is 17.1 Å². The van der Waals surface area contributed by atoms with Crippen LogP contribution in [0.1, 0.15) is 130 Å². The fraction of sp³-hybridized carbons (Fsp3) is 0.709. The van der Waals surface area contributed by atoms with Crippen LogP contribution in [0.3, 0.4) is 0 Å². The second-order valence-electron chi connectivity index (χ2n) is 22.1. The van der Waals surface area contributed by atoms with E-state index in [9.17, 15) is 50.4 Å². The number of aryl methyl sites for hydroxylation is 1. The molecule has 2 aromatic rings. The molecule has 6 aliphatic heterocycles. The third-order valence-corrected chi connectivity index (χ3v) is 16.3. The molecule has 22 nitrogen and oxygen atoms in total. The minimum Gasteiger partial charge on any atom is -0.507 e. The summed E-state index contributed by atoms with van der Waals surface area (Å²) in [5.41, 5.74) is 0.302. The molecular formula is C55H74O22. The van der Waals surface area contributed by atoms with Crippen LogP contribution < -0.4 is 4.74 Å². The van der Waals surface area contributed by atoms with Gasteiger partial charge in [-0.1, -0.05) is 6.07 Å². The van der Waals surface area contributed by atoms with Gasteiger partial charge in [-0.2, -0.15) is 0 Å². The minimum atomic E-state index is -1.38. The highest BCUT2D eigenvalue weighted by Gasteiger charge is 2.49. The number of aliphatic hydroxyl groups is 6. The smallest absolute Gasteiger partial charge is 0.202 e. The summed E-state index contributed by atoms with van der Waals surface area (Å²) in [6.07, 6.45) is -16.2. The van der Waals surface area contributed by atoms with Crippen molar-refractivity contribution in [3.63, 3.8) is 0 Å². The molecule has 0 radical (unpaired) electrons. The van der Waals surface area contributed by atoms with E-state index in [0.29, 0.717) is 36.8 Å². The van der Waals surface area contributed by atoms with Gasteiger partial charge in [0.1, 0.15) is 41.7 Å². The van der Waals surface area contributed by atoms with Crippen LogP contribution >= 0.6 is 0 Å². The number of fused-ring (bicyclic) bond motifs is 3. The fourth-order valence-corrected chi connectivity index (χ4v) is 12.2. The lowest BCUT2D eigenvalue weighted by molar-refractivity contribution is -0.340. The Morgan fingerprint density at radius 2 is 1.00 bits per heavy atom. The van der Waals surface area contributed by atoms with Crippen molar-refractivity contribution in [2.45, 2.75) is 248 Å². The highest BCUT2D eigenvalue weighted by molar-refractivity contribution is 6.42. The number of ketones is 2. The second kappa shape index (κ2) is 23.0. The number of allylic oxidation sites excluding steroid dienone is 1. The number of hydrogen-bond donors (Lipinski definition) is 8. The number of aromatic hydroxyl groups is 2. The third kappa shape index (κ3) is 11.6. The summed E-state index contributed by atoms with van der Waals surface area (Å²) in [6.45, 7) is 12.2. The summed E-state index contributed by atoms with van der Waals surface area (Å²) in [5.74, 6) is -2.36. The molecule has 22 heteroatoms. The monoisotopic (exact) mass is 1090 g/mol. The lowest BCUT2D eigenvalue weighted by atomic mass is 9.72. The Morgan fingerprint density at radius 1 is 0.481 bits per heavy atom. The van der Waals surface area contributed by atoms with Gasteiger partial charge in [0.2, 0.25) is 6.29 Å². The van der Waals surface area contributed by atoms with Gasteiger partial charge in [0.15, 0.2) is 43.0 Å². The first-order valence-corrected chi connectivity index (χ1v) is 27.1. The maximum atomic E-state index is 14.2. The van der Waals surface area contributed by atoms with Crippen molar-refractivity contribution in [2.24, 2.45) is 0 Å². The molecule has 0 amide bonds. The van der Waals surface area contributed by atoms with Crippen molar-refractivity contribution in [3.8, 4) is 17.2 Å². The lowest BCUT2D eigenvalue weighted by Gasteiger charge is -2.45. The molecule has 23 atom stereocenters. The minimum absolute atomic E-state index is 0.0260. The predicted octanol–water partition coefficient (Wildman–Crippen LogP) is 2.85. The first-order valence-electron chi connectivity index (χ1n) is 27.1. The molecule has 2 aromatic carbocycles. The van der Waals surface area contributed by atoms with Crippen LogP contribution in [0.15, 0.2) is 29.8 Å². The number of aliphatic hydroxyl groups excluding tert-OH is 6. The van der Waals surface area contributed by atoms with Crippen molar-refractivity contribution in [1.29, 1.82) is 0 Å². The molecule has 6 fully saturated rings. The Balaban J connectivity index is 0.699. The van der Waals surface area contributed by atoms with Crippen molar-refractivity contribution in [2.75, 3.05) is 0 Å². The maximum absolute atomic E-state index is 14.2. The Morgan fingerprint density at radius 3 is 1.58 bits per heavy atom. The van der Waals surface area contributed by atoms with E-state index in [4.69, 9.17) is 56.8 Å². The fourth-order valence-electron chi connectivity index (χ4n) is 12.2. The van der Waals surface area contributed by atoms with E-state index in [1.165, 1.54) is 18.2 Å². The van der Waals surface area contributed by atoms with E-state index in [2.05, 4.69) is 0 Å². The predicted molar refractivity (Wildman–Crippen MR) is 264 cm³/mol. The largest absolute Gasteiger partial charge is 0.507 e. The van der Waals surface area contributed by atoms with Crippen LogP contribution in [0.2, 0.25) is 0 Å². The van der Waals surface area contributed by atoms with Crippen molar-refractivity contribution < 1.29 is 107 Å². The Labute approximate surface area is 445 Å². The van der Waals surface area contributed by atoms with Gasteiger partial charge in [-0.15, -0.1) is 0 Å². The third-order valence-electron chi connectivity index (χ3n) is 16.3. The lowest BCUT2D eigenvalue weighted by Crippen LogP contribution is -2.56. The van der Waals surface area contributed by atoms with Crippen LogP contribution in [0.4, 0.5) is 0 Å². The molecule has 6 saturated heterocycles. The first-order chi connectivity index (χ1) is 36.6. The van der Waals surface area contributed by atoms with E-state index in [0.717, 1.165) is 0 Å². The molecule has 426 valence electrons.